The zero-order valence-electron chi connectivity index (χ0n) is 22.2. The number of benzene rings is 2. The van der Waals surface area contributed by atoms with E-state index < -0.39 is 5.60 Å². The summed E-state index contributed by atoms with van der Waals surface area (Å²) in [5.74, 6) is -0.330. The second-order valence-corrected chi connectivity index (χ2v) is 9.54. The Kier molecular flexibility index (Phi) is 8.29. The van der Waals surface area contributed by atoms with Crippen molar-refractivity contribution in [2.45, 2.75) is 59.0 Å². The Morgan fingerprint density at radius 2 is 1.14 bits per heavy atom. The Bertz CT molecular complexity index is 1070. The molecule has 0 spiro atoms. The molecule has 3 aromatic rings. The van der Waals surface area contributed by atoms with Crippen molar-refractivity contribution in [3.8, 4) is 0 Å². The van der Waals surface area contributed by atoms with E-state index in [2.05, 4.69) is 91.0 Å². The first-order valence-corrected chi connectivity index (χ1v) is 13.5. The van der Waals surface area contributed by atoms with Crippen LogP contribution in [0.25, 0.3) is 0 Å². The minimum Gasteiger partial charge on any atom is -0.439 e. The number of hydrogen-bond donors (Lipinski definition) is 0. The smallest absolute Gasteiger partial charge is 0.341 e. The van der Waals surface area contributed by atoms with Gasteiger partial charge in [-0.15, -0.1) is 0 Å². The zero-order chi connectivity index (χ0) is 25.5. The number of anilines is 2. The van der Waals surface area contributed by atoms with Crippen LogP contribution in [0, 0.1) is 0 Å². The summed E-state index contributed by atoms with van der Waals surface area (Å²) in [5, 5.41) is 0. The van der Waals surface area contributed by atoms with Crippen molar-refractivity contribution in [1.82, 2.24) is 4.98 Å². The molecule has 5 heteroatoms. The number of carbonyl (C=O) groups excluding carboxylic acids is 1. The van der Waals surface area contributed by atoms with E-state index in [1.165, 1.54) is 11.4 Å². The first-order valence-electron chi connectivity index (χ1n) is 13.5. The Labute approximate surface area is 216 Å². The summed E-state index contributed by atoms with van der Waals surface area (Å²) in [6, 6.07) is 20.6. The third-order valence-corrected chi connectivity index (χ3v) is 6.86. The average Bonchev–Trinajstić information content (AvgIpc) is 3.22. The number of cyclic esters (lactones) is 1. The molecule has 4 rings (SSSR count). The number of nitrogens with zero attached hydrogens (tertiary/aromatic N) is 3. The molecule has 5 nitrogen and oxygen atoms in total. The monoisotopic (exact) mass is 485 g/mol. The minimum absolute atomic E-state index is 0.330. The maximum atomic E-state index is 13.0. The van der Waals surface area contributed by atoms with Crippen molar-refractivity contribution < 1.29 is 9.53 Å². The van der Waals surface area contributed by atoms with Crippen molar-refractivity contribution in [3.63, 3.8) is 0 Å². The number of rotatable bonds is 12. The van der Waals surface area contributed by atoms with Gasteiger partial charge in [0.1, 0.15) is 5.69 Å². The van der Waals surface area contributed by atoms with E-state index in [-0.39, 0.29) is 5.97 Å². The van der Waals surface area contributed by atoms with Crippen molar-refractivity contribution in [1.29, 1.82) is 0 Å². The molecule has 2 heterocycles. The molecule has 0 aliphatic carbocycles. The van der Waals surface area contributed by atoms with Crippen molar-refractivity contribution >= 4 is 17.3 Å². The van der Waals surface area contributed by atoms with Gasteiger partial charge in [0.2, 0.25) is 5.60 Å². The molecule has 190 valence electrons. The average molecular weight is 486 g/mol. The number of ether oxygens (including phenoxy) is 1. The van der Waals surface area contributed by atoms with E-state index in [1.807, 2.05) is 6.07 Å². The summed E-state index contributed by atoms with van der Waals surface area (Å²) in [7, 11) is 0. The van der Waals surface area contributed by atoms with Crippen LogP contribution in [0.3, 0.4) is 0 Å². The number of hydrogen-bond acceptors (Lipinski definition) is 5. The summed E-state index contributed by atoms with van der Waals surface area (Å²) < 4.78 is 6.25. The minimum atomic E-state index is -1.06. The van der Waals surface area contributed by atoms with Crippen LogP contribution in [0.4, 0.5) is 11.4 Å². The molecule has 0 saturated carbocycles. The number of fused-ring (bicyclic) bond motifs is 1. The molecule has 0 N–H and O–H groups in total. The van der Waals surface area contributed by atoms with E-state index in [0.29, 0.717) is 11.3 Å². The molecule has 0 atom stereocenters. The van der Waals surface area contributed by atoms with Crippen LogP contribution in [-0.2, 0) is 10.3 Å². The van der Waals surface area contributed by atoms with E-state index in [9.17, 15) is 4.79 Å². The highest BCUT2D eigenvalue weighted by molar-refractivity contribution is 5.95. The normalized spacial score (nSPS) is 13.8. The van der Waals surface area contributed by atoms with E-state index in [1.54, 1.807) is 12.3 Å². The summed E-state index contributed by atoms with van der Waals surface area (Å²) in [6.07, 6.45) is 6.13. The van der Waals surface area contributed by atoms with Gasteiger partial charge < -0.3 is 14.5 Å². The van der Waals surface area contributed by atoms with E-state index >= 15 is 0 Å². The zero-order valence-corrected chi connectivity index (χ0v) is 22.2. The highest BCUT2D eigenvalue weighted by atomic mass is 16.6. The Morgan fingerprint density at radius 3 is 1.56 bits per heavy atom. The quantitative estimate of drug-likeness (QED) is 0.264. The molecule has 1 aliphatic rings. The lowest BCUT2D eigenvalue weighted by Crippen LogP contribution is -2.31. The number of carbonyl (C=O) groups is 1. The first-order chi connectivity index (χ1) is 17.6. The van der Waals surface area contributed by atoms with Crippen molar-refractivity contribution in [2.75, 3.05) is 36.0 Å². The molecule has 0 bridgehead atoms. The van der Waals surface area contributed by atoms with Crippen molar-refractivity contribution in [3.05, 3.63) is 89.2 Å². The molecule has 1 aromatic heterocycles. The van der Waals surface area contributed by atoms with Gasteiger partial charge in [0.15, 0.2) is 0 Å². The summed E-state index contributed by atoms with van der Waals surface area (Å²) >= 11 is 0. The van der Waals surface area contributed by atoms with Crippen LogP contribution in [0.2, 0.25) is 0 Å². The molecule has 0 radical (unpaired) electrons. The predicted molar refractivity (Wildman–Crippen MR) is 148 cm³/mol. The number of esters is 1. The van der Waals surface area contributed by atoms with Crippen LogP contribution in [-0.4, -0.2) is 37.1 Å². The van der Waals surface area contributed by atoms with Gasteiger partial charge in [-0.25, -0.2) is 4.79 Å². The molecule has 0 unspecified atom stereocenters. The van der Waals surface area contributed by atoms with Gasteiger partial charge in [-0.2, -0.15) is 0 Å². The van der Waals surface area contributed by atoms with Gasteiger partial charge in [0.25, 0.3) is 0 Å². The standard InChI is InChI=1S/C31H39N3O2/c1-5-20-33(21-6-2)26-15-11-24(12-16-26)31(29-28(30(35)36-31)10-9-19-32-29)25-13-17-27(18-14-25)34(22-7-3)23-8-4/h9-19H,5-8,20-23H2,1-4H3. The summed E-state index contributed by atoms with van der Waals surface area (Å²) in [4.78, 5) is 22.5. The largest absolute Gasteiger partial charge is 0.439 e. The van der Waals surface area contributed by atoms with E-state index in [0.717, 1.165) is 63.0 Å². The van der Waals surface area contributed by atoms with Crippen LogP contribution >= 0.6 is 0 Å². The highest BCUT2D eigenvalue weighted by Crippen LogP contribution is 2.46. The van der Waals surface area contributed by atoms with Gasteiger partial charge in [0.05, 0.1) is 5.56 Å². The van der Waals surface area contributed by atoms with Gasteiger partial charge in [0, 0.05) is 54.9 Å². The highest BCUT2D eigenvalue weighted by Gasteiger charge is 2.50. The van der Waals surface area contributed by atoms with E-state index in [4.69, 9.17) is 4.74 Å². The van der Waals surface area contributed by atoms with Crippen LogP contribution < -0.4 is 9.80 Å². The first kappa shape index (κ1) is 25.7. The molecule has 1 aliphatic heterocycles. The third-order valence-electron chi connectivity index (χ3n) is 6.86. The fourth-order valence-corrected chi connectivity index (χ4v) is 5.28. The molecule has 36 heavy (non-hydrogen) atoms. The number of aromatic nitrogens is 1. The number of pyridine rings is 1. The maximum absolute atomic E-state index is 13.0. The lowest BCUT2D eigenvalue weighted by molar-refractivity contribution is 0.0243. The van der Waals surface area contributed by atoms with Crippen LogP contribution in [0.15, 0.2) is 66.9 Å². The molecule has 0 saturated heterocycles. The predicted octanol–water partition coefficient (Wildman–Crippen LogP) is 6.80. The Balaban J connectivity index is 1.79. The summed E-state index contributed by atoms with van der Waals surface area (Å²) in [6.45, 7) is 12.9. The second-order valence-electron chi connectivity index (χ2n) is 9.54. The van der Waals surface area contributed by atoms with Crippen molar-refractivity contribution in [2.24, 2.45) is 0 Å². The van der Waals surface area contributed by atoms with Crippen LogP contribution in [0.5, 0.6) is 0 Å². The SMILES string of the molecule is CCCN(CCC)c1ccc(C2(c3ccc(N(CCC)CCC)cc3)OC(=O)c3cccnc32)cc1. The fraction of sp³-hybridized carbons (Fsp3) is 0.419. The summed E-state index contributed by atoms with van der Waals surface area (Å²) in [5.41, 5.74) is 4.33. The van der Waals surface area contributed by atoms with Crippen LogP contribution in [0.1, 0.15) is 80.6 Å². The lowest BCUT2D eigenvalue weighted by atomic mass is 9.82. The van der Waals surface area contributed by atoms with Gasteiger partial charge in [-0.3, -0.25) is 4.98 Å². The molecule has 2 aromatic carbocycles. The lowest BCUT2D eigenvalue weighted by Gasteiger charge is -2.31. The molecule has 0 amide bonds. The third kappa shape index (κ3) is 4.84. The van der Waals surface area contributed by atoms with Gasteiger partial charge >= 0.3 is 5.97 Å². The molecule has 0 fully saturated rings. The van der Waals surface area contributed by atoms with Gasteiger partial charge in [-0.05, 0) is 62.1 Å². The Hall–Kier alpha value is -3.34. The molecular weight excluding hydrogens is 446 g/mol. The second kappa shape index (κ2) is 11.6. The topological polar surface area (TPSA) is 45.7 Å². The fourth-order valence-electron chi connectivity index (χ4n) is 5.28. The molecular formula is C31H39N3O2. The maximum Gasteiger partial charge on any atom is 0.341 e. The Morgan fingerprint density at radius 1 is 0.694 bits per heavy atom. The van der Waals surface area contributed by atoms with Gasteiger partial charge in [-0.1, -0.05) is 52.0 Å².